The first-order chi connectivity index (χ1) is 12.7. The highest BCUT2D eigenvalue weighted by Gasteiger charge is 2.27. The lowest BCUT2D eigenvalue weighted by molar-refractivity contribution is -0.131. The van der Waals surface area contributed by atoms with Crippen LogP contribution in [0.2, 0.25) is 0 Å². The van der Waals surface area contributed by atoms with Crippen LogP contribution in [0.1, 0.15) is 71.0 Å². The molecule has 144 valence electrons. The molecule has 0 heterocycles. The molecule has 0 aromatic heterocycles. The van der Waals surface area contributed by atoms with Gasteiger partial charge in [0.2, 0.25) is 0 Å². The molecule has 1 atom stereocenters. The van der Waals surface area contributed by atoms with E-state index in [1.54, 1.807) is 30.3 Å². The first-order valence-corrected chi connectivity index (χ1v) is 9.01. The second-order valence-electron chi connectivity index (χ2n) is 6.91. The maximum absolute atomic E-state index is 12.2. The third kappa shape index (κ3) is 4.19. The lowest BCUT2D eigenvalue weighted by atomic mass is 9.82. The Balaban J connectivity index is 2.74. The molecule has 0 fully saturated rings. The van der Waals surface area contributed by atoms with Gasteiger partial charge in [0.05, 0.1) is 0 Å². The van der Waals surface area contributed by atoms with Crippen LogP contribution >= 0.6 is 0 Å². The number of carbonyl (C=O) groups excluding carboxylic acids is 1. The van der Waals surface area contributed by atoms with Crippen LogP contribution in [-0.4, -0.2) is 28.6 Å². The summed E-state index contributed by atoms with van der Waals surface area (Å²) < 4.78 is 6.02. The molecule has 0 aliphatic heterocycles. The molecule has 2 aromatic carbocycles. The van der Waals surface area contributed by atoms with Gasteiger partial charge in [0.15, 0.2) is 0 Å². The van der Waals surface area contributed by atoms with Crippen molar-refractivity contribution in [2.45, 2.75) is 46.6 Å². The number of carboxylic acid groups (broad SMARTS) is 1. The summed E-state index contributed by atoms with van der Waals surface area (Å²) in [6, 6.07) is 8.48. The summed E-state index contributed by atoms with van der Waals surface area (Å²) in [5.74, 6) is -2.20. The number of hydrogen-bond donors (Lipinski definition) is 2. The molecular formula is C22H26O5. The van der Waals surface area contributed by atoms with Crippen molar-refractivity contribution in [3.63, 3.8) is 0 Å². The van der Waals surface area contributed by atoms with Gasteiger partial charge in [-0.3, -0.25) is 4.79 Å². The number of ether oxygens (including phenoxy) is 1. The predicted octanol–water partition coefficient (Wildman–Crippen LogP) is 4.53. The van der Waals surface area contributed by atoms with E-state index < -0.39 is 11.8 Å². The van der Waals surface area contributed by atoms with Crippen LogP contribution in [0.25, 0.3) is 0 Å². The summed E-state index contributed by atoms with van der Waals surface area (Å²) in [5, 5.41) is 18.8. The molecule has 0 amide bonds. The van der Waals surface area contributed by atoms with Crippen molar-refractivity contribution in [2.24, 2.45) is 0 Å². The minimum Gasteiger partial charge on any atom is -0.508 e. The normalized spacial score (nSPS) is 12.2. The van der Waals surface area contributed by atoms with Crippen LogP contribution in [0.4, 0.5) is 0 Å². The monoisotopic (exact) mass is 370 g/mol. The first kappa shape index (κ1) is 20.6. The van der Waals surface area contributed by atoms with Gasteiger partial charge in [-0.1, -0.05) is 26.0 Å². The van der Waals surface area contributed by atoms with Crippen molar-refractivity contribution < 1.29 is 24.5 Å². The third-order valence-corrected chi connectivity index (χ3v) is 4.69. The van der Waals surface area contributed by atoms with Crippen molar-refractivity contribution in [1.29, 1.82) is 0 Å². The number of phenolic OH excluding ortho intramolecular Hbond substituents is 1. The van der Waals surface area contributed by atoms with Crippen LogP contribution in [-0.2, 0) is 9.53 Å². The zero-order valence-electron chi connectivity index (χ0n) is 16.4. The van der Waals surface area contributed by atoms with Crippen LogP contribution < -0.4 is 0 Å². The standard InChI is InChI=1S/C22H26O5/c1-6-27-21(15-7-9-16(23)10-8-15)19-13(4)11-17(20(24)22(25)26)18(12(2)3)14(19)5/h7-12,21,23H,6H2,1-5H3,(H,25,26). The molecular weight excluding hydrogens is 344 g/mol. The van der Waals surface area contributed by atoms with Crippen molar-refractivity contribution >= 4 is 11.8 Å². The van der Waals surface area contributed by atoms with E-state index in [9.17, 15) is 19.8 Å². The number of carbonyl (C=O) groups is 2. The summed E-state index contributed by atoms with van der Waals surface area (Å²) in [7, 11) is 0. The number of aliphatic carboxylic acids is 1. The minimum atomic E-state index is -1.46. The van der Waals surface area contributed by atoms with Crippen LogP contribution in [0.3, 0.4) is 0 Å². The predicted molar refractivity (Wildman–Crippen MR) is 104 cm³/mol. The van der Waals surface area contributed by atoms with E-state index in [4.69, 9.17) is 4.74 Å². The number of aromatic hydroxyl groups is 1. The zero-order chi connectivity index (χ0) is 20.3. The molecule has 1 unspecified atom stereocenters. The average molecular weight is 370 g/mol. The number of aryl methyl sites for hydroxylation is 1. The Bertz CT molecular complexity index is 850. The quantitative estimate of drug-likeness (QED) is 0.553. The maximum Gasteiger partial charge on any atom is 0.377 e. The second-order valence-corrected chi connectivity index (χ2v) is 6.91. The Labute approximate surface area is 159 Å². The summed E-state index contributed by atoms with van der Waals surface area (Å²) in [6.07, 6.45) is -0.373. The Hall–Kier alpha value is -2.66. The number of benzene rings is 2. The van der Waals surface area contributed by atoms with E-state index in [1.807, 2.05) is 34.6 Å². The fourth-order valence-electron chi connectivity index (χ4n) is 3.63. The number of Topliss-reactive ketones (excluding diaryl/α,β-unsaturated/α-hetero) is 1. The number of ketones is 1. The van der Waals surface area contributed by atoms with E-state index >= 15 is 0 Å². The van der Waals surface area contributed by atoms with Crippen molar-refractivity contribution in [3.8, 4) is 5.75 Å². The largest absolute Gasteiger partial charge is 0.508 e. The molecule has 0 aliphatic rings. The van der Waals surface area contributed by atoms with Gasteiger partial charge in [-0.05, 0) is 72.7 Å². The fraction of sp³-hybridized carbons (Fsp3) is 0.364. The maximum atomic E-state index is 12.2. The molecule has 2 aromatic rings. The van der Waals surface area contributed by atoms with Crippen molar-refractivity contribution in [2.75, 3.05) is 6.61 Å². The lowest BCUT2D eigenvalue weighted by Crippen LogP contribution is -2.19. The summed E-state index contributed by atoms with van der Waals surface area (Å²) in [4.78, 5) is 23.5. The molecule has 5 heteroatoms. The van der Waals surface area contributed by atoms with Crippen molar-refractivity contribution in [1.82, 2.24) is 0 Å². The molecule has 0 bridgehead atoms. The Kier molecular flexibility index (Phi) is 6.39. The first-order valence-electron chi connectivity index (χ1n) is 9.01. The molecule has 0 radical (unpaired) electrons. The molecule has 2 rings (SSSR count). The van der Waals surface area contributed by atoms with Gasteiger partial charge < -0.3 is 14.9 Å². The van der Waals surface area contributed by atoms with Gasteiger partial charge in [-0.15, -0.1) is 0 Å². The van der Waals surface area contributed by atoms with Gasteiger partial charge in [-0.2, -0.15) is 0 Å². The smallest absolute Gasteiger partial charge is 0.377 e. The molecule has 0 saturated carbocycles. The second kappa shape index (κ2) is 8.35. The van der Waals surface area contributed by atoms with E-state index in [0.717, 1.165) is 27.8 Å². The molecule has 27 heavy (non-hydrogen) atoms. The van der Waals surface area contributed by atoms with Gasteiger partial charge in [-0.25, -0.2) is 4.79 Å². The number of hydrogen-bond acceptors (Lipinski definition) is 4. The fourth-order valence-corrected chi connectivity index (χ4v) is 3.63. The average Bonchev–Trinajstić information content (AvgIpc) is 2.60. The van der Waals surface area contributed by atoms with Crippen molar-refractivity contribution in [3.05, 3.63) is 63.7 Å². The SMILES string of the molecule is CCOC(c1ccc(O)cc1)c1c(C)cc(C(=O)C(=O)O)c(C(C)C)c1C. The van der Waals surface area contributed by atoms with Gasteiger partial charge in [0.1, 0.15) is 11.9 Å². The van der Waals surface area contributed by atoms with E-state index in [-0.39, 0.29) is 23.3 Å². The van der Waals surface area contributed by atoms with E-state index in [1.165, 1.54) is 0 Å². The molecule has 5 nitrogen and oxygen atoms in total. The van der Waals surface area contributed by atoms with Gasteiger partial charge >= 0.3 is 5.97 Å². The summed E-state index contributed by atoms with van der Waals surface area (Å²) >= 11 is 0. The Morgan fingerprint density at radius 3 is 2.15 bits per heavy atom. The number of carboxylic acids is 1. The third-order valence-electron chi connectivity index (χ3n) is 4.69. The molecule has 0 aliphatic carbocycles. The molecule has 0 saturated heterocycles. The molecule has 0 spiro atoms. The highest BCUT2D eigenvalue weighted by Crippen LogP contribution is 2.37. The van der Waals surface area contributed by atoms with E-state index in [2.05, 4.69) is 0 Å². The Morgan fingerprint density at radius 1 is 1.07 bits per heavy atom. The van der Waals surface area contributed by atoms with Crippen LogP contribution in [0.5, 0.6) is 5.75 Å². The highest BCUT2D eigenvalue weighted by atomic mass is 16.5. The highest BCUT2D eigenvalue weighted by molar-refractivity contribution is 6.40. The summed E-state index contributed by atoms with van der Waals surface area (Å²) in [6.45, 7) is 10.0. The van der Waals surface area contributed by atoms with E-state index in [0.29, 0.717) is 6.61 Å². The minimum absolute atomic E-state index is 0.0234. The number of phenols is 1. The lowest BCUT2D eigenvalue weighted by Gasteiger charge is -2.26. The Morgan fingerprint density at radius 2 is 1.67 bits per heavy atom. The van der Waals surface area contributed by atoms with Gasteiger partial charge in [0.25, 0.3) is 5.78 Å². The van der Waals surface area contributed by atoms with Crippen LogP contribution in [0.15, 0.2) is 30.3 Å². The molecule has 2 N–H and O–H groups in total. The van der Waals surface area contributed by atoms with Gasteiger partial charge in [0, 0.05) is 12.2 Å². The topological polar surface area (TPSA) is 83.8 Å². The zero-order valence-corrected chi connectivity index (χ0v) is 16.4. The number of rotatable bonds is 7. The summed E-state index contributed by atoms with van der Waals surface area (Å²) in [5.41, 5.74) is 4.43. The van der Waals surface area contributed by atoms with Crippen LogP contribution in [0, 0.1) is 13.8 Å².